The van der Waals surface area contributed by atoms with Gasteiger partial charge in [-0.2, -0.15) is 0 Å². The second-order valence-electron chi connectivity index (χ2n) is 5.24. The third-order valence-corrected chi connectivity index (χ3v) is 4.99. The highest BCUT2D eigenvalue weighted by molar-refractivity contribution is 5.21. The first kappa shape index (κ1) is 5.61. The molecular weight excluding hydrogens is 152 g/mol. The van der Waals surface area contributed by atoms with Gasteiger partial charge in [0.2, 0.25) is 0 Å². The lowest BCUT2D eigenvalue weighted by molar-refractivity contribution is 0.162. The first-order valence-corrected chi connectivity index (χ1v) is 5.24. The summed E-state index contributed by atoms with van der Waals surface area (Å²) in [5.74, 6) is 3.77. The summed E-state index contributed by atoms with van der Waals surface area (Å²) in [7, 11) is 0. The molecule has 3 saturated carbocycles. The van der Waals surface area contributed by atoms with Crippen molar-refractivity contribution in [2.24, 2.45) is 23.7 Å². The molecule has 2 heteroatoms. The molecule has 0 radical (unpaired) electrons. The van der Waals surface area contributed by atoms with Gasteiger partial charge in [-0.25, -0.2) is 0 Å². The Balaban J connectivity index is 1.66. The molecule has 5 rings (SSSR count). The molecule has 64 valence electrons. The summed E-state index contributed by atoms with van der Waals surface area (Å²) >= 11 is 0. The standard InChI is InChI=1S/C10H12O2/c1-4-3-2-6-10(11-6)7(3)5(1)9-8(4)12-9/h3-10H,1-2H2/t3-,4-,5+,6+,7-,8-,9+,10+/m1/s1. The highest BCUT2D eigenvalue weighted by atomic mass is 16.6. The first-order valence-electron chi connectivity index (χ1n) is 5.24. The SMILES string of the molecule is C1[C@@H]2[C@H]3C[C@@H]4O[C@@H]4[C@H]3[C@H]1[C@@H]1O[C@H]21. The fourth-order valence-corrected chi connectivity index (χ4v) is 4.58. The van der Waals surface area contributed by atoms with E-state index in [0.717, 1.165) is 23.7 Å². The Hall–Kier alpha value is -0.0800. The summed E-state index contributed by atoms with van der Waals surface area (Å²) in [5, 5.41) is 0. The van der Waals surface area contributed by atoms with Crippen LogP contribution in [0.15, 0.2) is 0 Å². The van der Waals surface area contributed by atoms with Crippen molar-refractivity contribution in [3.8, 4) is 0 Å². The van der Waals surface area contributed by atoms with Gasteiger partial charge in [0.05, 0.1) is 24.4 Å². The number of fused-ring (bicyclic) bond motifs is 10. The van der Waals surface area contributed by atoms with Gasteiger partial charge >= 0.3 is 0 Å². The van der Waals surface area contributed by atoms with Crippen LogP contribution in [0.1, 0.15) is 12.8 Å². The van der Waals surface area contributed by atoms with Crippen LogP contribution in [-0.4, -0.2) is 24.4 Å². The second-order valence-corrected chi connectivity index (χ2v) is 5.24. The summed E-state index contributed by atoms with van der Waals surface area (Å²) < 4.78 is 11.3. The Kier molecular flexibility index (Phi) is 0.644. The van der Waals surface area contributed by atoms with E-state index in [-0.39, 0.29) is 0 Å². The van der Waals surface area contributed by atoms with E-state index in [1.54, 1.807) is 0 Å². The zero-order valence-electron chi connectivity index (χ0n) is 6.85. The zero-order valence-corrected chi connectivity index (χ0v) is 6.85. The van der Waals surface area contributed by atoms with Crippen LogP contribution in [0.2, 0.25) is 0 Å². The van der Waals surface area contributed by atoms with Crippen LogP contribution in [0.5, 0.6) is 0 Å². The molecule has 2 bridgehead atoms. The van der Waals surface area contributed by atoms with E-state index in [2.05, 4.69) is 0 Å². The number of rotatable bonds is 0. The number of hydrogen-bond acceptors (Lipinski definition) is 2. The van der Waals surface area contributed by atoms with E-state index in [1.165, 1.54) is 12.8 Å². The van der Waals surface area contributed by atoms with Crippen molar-refractivity contribution in [3.05, 3.63) is 0 Å². The zero-order chi connectivity index (χ0) is 7.45. The first-order chi connectivity index (χ1) is 5.93. The van der Waals surface area contributed by atoms with Gasteiger partial charge in [-0.05, 0) is 36.5 Å². The summed E-state index contributed by atoms with van der Waals surface area (Å²) in [6.07, 6.45) is 5.58. The van der Waals surface area contributed by atoms with Crippen molar-refractivity contribution < 1.29 is 9.47 Å². The quantitative estimate of drug-likeness (QED) is 0.495. The third kappa shape index (κ3) is 0.409. The van der Waals surface area contributed by atoms with Crippen molar-refractivity contribution in [3.63, 3.8) is 0 Å². The van der Waals surface area contributed by atoms with Gasteiger partial charge in [0.1, 0.15) is 0 Å². The molecule has 8 atom stereocenters. The Bertz CT molecular complexity index is 273. The molecule has 0 N–H and O–H groups in total. The predicted octanol–water partition coefficient (Wildman–Crippen LogP) is 0.807. The highest BCUT2D eigenvalue weighted by Gasteiger charge is 2.74. The van der Waals surface area contributed by atoms with E-state index in [9.17, 15) is 0 Å². The van der Waals surface area contributed by atoms with E-state index < -0.39 is 0 Å². The molecule has 2 nitrogen and oxygen atoms in total. The lowest BCUT2D eigenvalue weighted by atomic mass is 9.81. The molecule has 0 unspecified atom stereocenters. The summed E-state index contributed by atoms with van der Waals surface area (Å²) in [6, 6.07) is 0. The number of epoxide rings is 2. The van der Waals surface area contributed by atoms with Crippen molar-refractivity contribution in [2.45, 2.75) is 37.3 Å². The maximum absolute atomic E-state index is 5.69. The van der Waals surface area contributed by atoms with E-state index in [4.69, 9.17) is 9.47 Å². The molecular formula is C10H12O2. The van der Waals surface area contributed by atoms with E-state index in [0.29, 0.717) is 24.4 Å². The van der Waals surface area contributed by atoms with Crippen molar-refractivity contribution in [1.82, 2.24) is 0 Å². The Labute approximate surface area is 71.2 Å². The fourth-order valence-electron chi connectivity index (χ4n) is 4.58. The monoisotopic (exact) mass is 164 g/mol. The summed E-state index contributed by atoms with van der Waals surface area (Å²) in [4.78, 5) is 0. The van der Waals surface area contributed by atoms with Crippen LogP contribution in [-0.2, 0) is 9.47 Å². The molecule has 2 heterocycles. The number of ether oxygens (including phenoxy) is 2. The van der Waals surface area contributed by atoms with Gasteiger partial charge in [-0.15, -0.1) is 0 Å². The van der Waals surface area contributed by atoms with Crippen LogP contribution in [0, 0.1) is 23.7 Å². The van der Waals surface area contributed by atoms with Crippen LogP contribution in [0.25, 0.3) is 0 Å². The number of hydrogen-bond donors (Lipinski definition) is 0. The van der Waals surface area contributed by atoms with Crippen molar-refractivity contribution in [1.29, 1.82) is 0 Å². The average molecular weight is 164 g/mol. The summed E-state index contributed by atoms with van der Waals surface area (Å²) in [6.45, 7) is 0. The summed E-state index contributed by atoms with van der Waals surface area (Å²) in [5.41, 5.74) is 0. The largest absolute Gasteiger partial charge is 0.369 e. The van der Waals surface area contributed by atoms with Gasteiger partial charge < -0.3 is 9.47 Å². The van der Waals surface area contributed by atoms with Crippen LogP contribution >= 0.6 is 0 Å². The molecule has 0 amide bonds. The van der Waals surface area contributed by atoms with Gasteiger partial charge in [0.25, 0.3) is 0 Å². The van der Waals surface area contributed by atoms with Crippen molar-refractivity contribution in [2.75, 3.05) is 0 Å². The fraction of sp³-hybridized carbons (Fsp3) is 1.00. The molecule has 5 aliphatic rings. The lowest BCUT2D eigenvalue weighted by Gasteiger charge is -2.22. The van der Waals surface area contributed by atoms with Crippen LogP contribution in [0.3, 0.4) is 0 Å². The maximum Gasteiger partial charge on any atom is 0.0876 e. The lowest BCUT2D eigenvalue weighted by Crippen LogP contribution is -2.27. The van der Waals surface area contributed by atoms with Gasteiger partial charge in [0, 0.05) is 0 Å². The molecule has 5 fully saturated rings. The molecule has 0 aromatic carbocycles. The smallest absolute Gasteiger partial charge is 0.0876 e. The van der Waals surface area contributed by atoms with Crippen molar-refractivity contribution >= 4 is 0 Å². The van der Waals surface area contributed by atoms with Gasteiger partial charge in [-0.3, -0.25) is 0 Å². The second kappa shape index (κ2) is 1.38. The molecule has 0 aromatic heterocycles. The third-order valence-electron chi connectivity index (χ3n) is 4.99. The minimum Gasteiger partial charge on any atom is -0.369 e. The van der Waals surface area contributed by atoms with E-state index >= 15 is 0 Å². The van der Waals surface area contributed by atoms with Crippen LogP contribution in [0.4, 0.5) is 0 Å². The Morgan fingerprint density at radius 2 is 1.67 bits per heavy atom. The van der Waals surface area contributed by atoms with Gasteiger partial charge in [0.15, 0.2) is 0 Å². The topological polar surface area (TPSA) is 25.1 Å². The Morgan fingerprint density at radius 1 is 0.750 bits per heavy atom. The minimum absolute atomic E-state index is 0.676. The molecule has 0 spiro atoms. The normalized spacial score (nSPS) is 80.0. The average Bonchev–Trinajstić information content (AvgIpc) is 2.92. The van der Waals surface area contributed by atoms with Crippen LogP contribution < -0.4 is 0 Å². The molecule has 2 saturated heterocycles. The Morgan fingerprint density at radius 3 is 2.67 bits per heavy atom. The van der Waals surface area contributed by atoms with Gasteiger partial charge in [-0.1, -0.05) is 0 Å². The maximum atomic E-state index is 5.69. The van der Waals surface area contributed by atoms with E-state index in [1.807, 2.05) is 0 Å². The molecule has 0 aromatic rings. The molecule has 3 aliphatic carbocycles. The molecule has 2 aliphatic heterocycles. The predicted molar refractivity (Wildman–Crippen MR) is 40.5 cm³/mol. The molecule has 12 heavy (non-hydrogen) atoms. The highest BCUT2D eigenvalue weighted by Crippen LogP contribution is 2.69. The minimum atomic E-state index is 0.676.